The van der Waals surface area contributed by atoms with Crippen LogP contribution in [0.1, 0.15) is 11.2 Å². The standard InChI is InChI=1S/C8H7FN2O2S/c9-3-1-4-5(10)6(8(12)13)14-7(4)11-2-3/h1-2,8,12-13H,10H2. The number of halogens is 1. The largest absolute Gasteiger partial charge is 0.397 e. The van der Waals surface area contributed by atoms with Gasteiger partial charge in [0.05, 0.1) is 16.8 Å². The third-order valence-electron chi connectivity index (χ3n) is 1.81. The highest BCUT2D eigenvalue weighted by Gasteiger charge is 2.15. The molecule has 2 aromatic heterocycles. The van der Waals surface area contributed by atoms with E-state index in [0.29, 0.717) is 10.2 Å². The molecule has 0 saturated carbocycles. The maximum atomic E-state index is 12.8. The second-order valence-electron chi connectivity index (χ2n) is 2.76. The molecule has 4 N–H and O–H groups in total. The molecule has 0 fully saturated rings. The molecular weight excluding hydrogens is 207 g/mol. The van der Waals surface area contributed by atoms with Gasteiger partial charge >= 0.3 is 0 Å². The summed E-state index contributed by atoms with van der Waals surface area (Å²) in [5, 5.41) is 18.3. The van der Waals surface area contributed by atoms with Crippen molar-refractivity contribution in [2.24, 2.45) is 0 Å². The second-order valence-corrected chi connectivity index (χ2v) is 3.79. The molecule has 0 aromatic carbocycles. The minimum absolute atomic E-state index is 0.173. The first kappa shape index (κ1) is 9.32. The summed E-state index contributed by atoms with van der Waals surface area (Å²) in [5.74, 6) is -0.499. The average Bonchev–Trinajstić information content (AvgIpc) is 2.44. The molecule has 0 aliphatic heterocycles. The molecule has 0 spiro atoms. The van der Waals surface area contributed by atoms with E-state index in [1.54, 1.807) is 0 Å². The summed E-state index contributed by atoms with van der Waals surface area (Å²) in [7, 11) is 0. The molecule has 14 heavy (non-hydrogen) atoms. The Kier molecular flexibility index (Phi) is 2.10. The maximum Gasteiger partial charge on any atom is 0.190 e. The van der Waals surface area contributed by atoms with Crippen molar-refractivity contribution in [1.29, 1.82) is 0 Å². The molecule has 0 bridgehead atoms. The lowest BCUT2D eigenvalue weighted by molar-refractivity contribution is -0.0389. The van der Waals surface area contributed by atoms with Crippen LogP contribution >= 0.6 is 11.3 Å². The van der Waals surface area contributed by atoms with Gasteiger partial charge in [-0.2, -0.15) is 0 Å². The summed E-state index contributed by atoms with van der Waals surface area (Å²) >= 11 is 1.04. The molecule has 2 rings (SSSR count). The molecule has 0 amide bonds. The fourth-order valence-electron chi connectivity index (χ4n) is 1.18. The van der Waals surface area contributed by atoms with Crippen LogP contribution in [0.3, 0.4) is 0 Å². The fourth-order valence-corrected chi connectivity index (χ4v) is 2.10. The number of nitrogens with zero attached hydrogens (tertiary/aromatic N) is 1. The van der Waals surface area contributed by atoms with Gasteiger partial charge in [-0.15, -0.1) is 11.3 Å². The zero-order valence-electron chi connectivity index (χ0n) is 6.94. The number of aliphatic hydroxyl groups excluding tert-OH is 1. The summed E-state index contributed by atoms with van der Waals surface area (Å²) in [6.45, 7) is 0. The lowest BCUT2D eigenvalue weighted by atomic mass is 10.2. The monoisotopic (exact) mass is 214 g/mol. The van der Waals surface area contributed by atoms with Crippen LogP contribution in [0.2, 0.25) is 0 Å². The Bertz CT molecular complexity index is 483. The SMILES string of the molecule is Nc1c(C(O)O)sc2ncc(F)cc12. The van der Waals surface area contributed by atoms with E-state index in [0.717, 1.165) is 17.5 Å². The fraction of sp³-hybridized carbons (Fsp3) is 0.125. The normalized spacial score (nSPS) is 11.4. The number of pyridine rings is 1. The molecule has 0 saturated heterocycles. The van der Waals surface area contributed by atoms with E-state index >= 15 is 0 Å². The third-order valence-corrected chi connectivity index (χ3v) is 2.98. The number of aliphatic hydroxyl groups is 2. The van der Waals surface area contributed by atoms with Gasteiger partial charge in [-0.3, -0.25) is 0 Å². The first-order valence-electron chi connectivity index (χ1n) is 3.79. The highest BCUT2D eigenvalue weighted by atomic mass is 32.1. The second kappa shape index (κ2) is 3.16. The van der Waals surface area contributed by atoms with E-state index in [1.807, 2.05) is 0 Å². The Morgan fingerprint density at radius 1 is 1.50 bits per heavy atom. The van der Waals surface area contributed by atoms with Crippen molar-refractivity contribution < 1.29 is 14.6 Å². The minimum Gasteiger partial charge on any atom is -0.397 e. The molecule has 0 unspecified atom stereocenters. The van der Waals surface area contributed by atoms with Gasteiger partial charge in [-0.1, -0.05) is 0 Å². The molecule has 6 heteroatoms. The number of nitrogen functional groups attached to an aromatic ring is 1. The Morgan fingerprint density at radius 2 is 2.21 bits per heavy atom. The van der Waals surface area contributed by atoms with Gasteiger partial charge in [-0.25, -0.2) is 9.37 Å². The first-order chi connectivity index (χ1) is 6.59. The van der Waals surface area contributed by atoms with Crippen LogP contribution in [0.25, 0.3) is 10.2 Å². The molecule has 2 heterocycles. The summed E-state index contributed by atoms with van der Waals surface area (Å²) in [4.78, 5) is 4.47. The Hall–Kier alpha value is -1.24. The van der Waals surface area contributed by atoms with Gasteiger partial charge in [0.1, 0.15) is 10.6 Å². The minimum atomic E-state index is -1.64. The van der Waals surface area contributed by atoms with Crippen LogP contribution in [0.5, 0.6) is 0 Å². The van der Waals surface area contributed by atoms with Crippen LogP contribution in [-0.2, 0) is 0 Å². The quantitative estimate of drug-likeness (QED) is 0.619. The van der Waals surface area contributed by atoms with Gasteiger partial charge < -0.3 is 15.9 Å². The summed E-state index contributed by atoms with van der Waals surface area (Å²) in [6.07, 6.45) is -0.580. The van der Waals surface area contributed by atoms with E-state index in [1.165, 1.54) is 6.07 Å². The summed E-state index contributed by atoms with van der Waals surface area (Å²) < 4.78 is 12.8. The van der Waals surface area contributed by atoms with Crippen LogP contribution in [-0.4, -0.2) is 15.2 Å². The van der Waals surface area contributed by atoms with Crippen molar-refractivity contribution >= 4 is 27.2 Å². The van der Waals surface area contributed by atoms with E-state index in [4.69, 9.17) is 15.9 Å². The van der Waals surface area contributed by atoms with Crippen LogP contribution in [0.4, 0.5) is 10.1 Å². The predicted molar refractivity (Wildman–Crippen MR) is 51.2 cm³/mol. The van der Waals surface area contributed by atoms with Gasteiger partial charge in [0.2, 0.25) is 0 Å². The van der Waals surface area contributed by atoms with Crippen molar-refractivity contribution in [2.75, 3.05) is 5.73 Å². The zero-order valence-corrected chi connectivity index (χ0v) is 7.75. The molecule has 74 valence electrons. The smallest absolute Gasteiger partial charge is 0.190 e. The summed E-state index contributed by atoms with van der Waals surface area (Å²) in [5.41, 5.74) is 5.77. The first-order valence-corrected chi connectivity index (χ1v) is 4.61. The number of thiophene rings is 1. The molecule has 0 aliphatic rings. The van der Waals surface area contributed by atoms with E-state index < -0.39 is 12.1 Å². The van der Waals surface area contributed by atoms with Crippen molar-refractivity contribution in [1.82, 2.24) is 4.98 Å². The topological polar surface area (TPSA) is 79.4 Å². The Morgan fingerprint density at radius 3 is 2.86 bits per heavy atom. The lowest BCUT2D eigenvalue weighted by Gasteiger charge is -1.99. The number of hydrogen-bond acceptors (Lipinski definition) is 5. The van der Waals surface area contributed by atoms with E-state index in [2.05, 4.69) is 4.98 Å². The average molecular weight is 214 g/mol. The third kappa shape index (κ3) is 1.33. The lowest BCUT2D eigenvalue weighted by Crippen LogP contribution is -1.95. The van der Waals surface area contributed by atoms with Gasteiger partial charge in [0, 0.05) is 5.39 Å². The van der Waals surface area contributed by atoms with Crippen LogP contribution in [0.15, 0.2) is 12.3 Å². The van der Waals surface area contributed by atoms with Crippen molar-refractivity contribution in [3.05, 3.63) is 23.0 Å². The Labute approximate surface area is 82.4 Å². The number of hydrogen-bond donors (Lipinski definition) is 3. The molecule has 2 aromatic rings. The highest BCUT2D eigenvalue weighted by Crippen LogP contribution is 2.35. The van der Waals surface area contributed by atoms with Gasteiger partial charge in [0.15, 0.2) is 6.29 Å². The molecule has 0 radical (unpaired) electrons. The number of rotatable bonds is 1. The van der Waals surface area contributed by atoms with Gasteiger partial charge in [0.25, 0.3) is 0 Å². The number of nitrogens with two attached hydrogens (primary N) is 1. The van der Waals surface area contributed by atoms with Crippen molar-refractivity contribution in [3.8, 4) is 0 Å². The van der Waals surface area contributed by atoms with Crippen molar-refractivity contribution in [2.45, 2.75) is 6.29 Å². The zero-order chi connectivity index (χ0) is 10.3. The number of fused-ring (bicyclic) bond motifs is 1. The molecular formula is C8H7FN2O2S. The van der Waals surface area contributed by atoms with E-state index in [9.17, 15) is 4.39 Å². The van der Waals surface area contributed by atoms with Crippen LogP contribution < -0.4 is 5.73 Å². The highest BCUT2D eigenvalue weighted by molar-refractivity contribution is 7.19. The maximum absolute atomic E-state index is 12.8. The van der Waals surface area contributed by atoms with Crippen molar-refractivity contribution in [3.63, 3.8) is 0 Å². The van der Waals surface area contributed by atoms with E-state index in [-0.39, 0.29) is 10.6 Å². The summed E-state index contributed by atoms with van der Waals surface area (Å²) in [6, 6.07) is 1.22. The predicted octanol–water partition coefficient (Wildman–Crippen LogP) is 1.00. The Balaban J connectivity index is 2.74. The molecule has 0 atom stereocenters. The van der Waals surface area contributed by atoms with Gasteiger partial charge in [-0.05, 0) is 6.07 Å². The molecule has 4 nitrogen and oxygen atoms in total. The number of aromatic nitrogens is 1. The number of anilines is 1. The van der Waals surface area contributed by atoms with Crippen LogP contribution in [0, 0.1) is 5.82 Å². The molecule has 0 aliphatic carbocycles.